The minimum absolute atomic E-state index is 0. The summed E-state index contributed by atoms with van der Waals surface area (Å²) in [5, 5.41) is 97.1. The summed E-state index contributed by atoms with van der Waals surface area (Å²) in [5.41, 5.74) is 4.26. The molecule has 25 nitrogen and oxygen atoms in total. The van der Waals surface area contributed by atoms with Gasteiger partial charge in [0.15, 0.2) is 25.5 Å². The number of carbonyl (C=O) groups is 3. The van der Waals surface area contributed by atoms with Crippen molar-refractivity contribution >= 4 is 31.3 Å². The van der Waals surface area contributed by atoms with Crippen LogP contribution in [0.15, 0.2) is 36.4 Å². The van der Waals surface area contributed by atoms with Gasteiger partial charge >= 0.3 is 0 Å². The van der Waals surface area contributed by atoms with Gasteiger partial charge in [-0.25, -0.2) is 9.98 Å². The fraction of sp³-hybridized carbons (Fsp3) is 0.324. The second-order valence-corrected chi connectivity index (χ2v) is 12.2. The second-order valence-electron chi connectivity index (χ2n) is 12.2. The quantitative estimate of drug-likeness (QED) is 0.0571. The van der Waals surface area contributed by atoms with Crippen molar-refractivity contribution in [2.24, 2.45) is 0 Å². The van der Waals surface area contributed by atoms with Gasteiger partial charge in [0.25, 0.3) is 0 Å². The third-order valence-electron chi connectivity index (χ3n) is 7.84. The van der Waals surface area contributed by atoms with Gasteiger partial charge in [0.2, 0.25) is 6.17 Å². The van der Waals surface area contributed by atoms with E-state index in [4.69, 9.17) is 56.5 Å². The maximum atomic E-state index is 13.3. The Morgan fingerprint density at radius 3 is 1.14 bits per heavy atom. The maximum absolute atomic E-state index is 13.3. The summed E-state index contributed by atoms with van der Waals surface area (Å²) in [7, 11) is 0. The molecule has 1 heterocycles. The predicted octanol–water partition coefficient (Wildman–Crippen LogP) is -5.03. The van der Waals surface area contributed by atoms with E-state index in [0.29, 0.717) is 61.7 Å². The fourth-order valence-corrected chi connectivity index (χ4v) is 5.89. The van der Waals surface area contributed by atoms with E-state index in [2.05, 4.69) is 9.98 Å². The molecule has 4 rings (SSSR count). The average Bonchev–Trinajstić information content (AvgIpc) is 3.56. The molecular formula is C37H45N9O16Tb-2. The zero-order valence-corrected chi connectivity index (χ0v) is 36.5. The number of hydrogen-bond acceptors (Lipinski definition) is 17. The molecule has 1 saturated heterocycles. The number of nitrogens with one attached hydrogen (secondary N) is 4. The number of hydrogen-bond donors (Lipinski definition) is 4. The Bertz CT molecular complexity index is 1970. The van der Waals surface area contributed by atoms with E-state index in [9.17, 15) is 29.7 Å². The molecule has 0 spiro atoms. The molecule has 1 aliphatic heterocycles. The Morgan fingerprint density at radius 1 is 0.603 bits per heavy atom. The van der Waals surface area contributed by atoms with Crippen molar-refractivity contribution in [3.63, 3.8) is 0 Å². The van der Waals surface area contributed by atoms with E-state index in [1.54, 1.807) is 54.9 Å². The van der Waals surface area contributed by atoms with Gasteiger partial charge in [-0.1, -0.05) is 17.2 Å². The van der Waals surface area contributed by atoms with E-state index in [1.165, 1.54) is 13.8 Å². The van der Waals surface area contributed by atoms with Gasteiger partial charge in [-0.15, -0.1) is 0 Å². The summed E-state index contributed by atoms with van der Waals surface area (Å²) in [5.74, 6) is -0.918. The summed E-state index contributed by atoms with van der Waals surface area (Å²) < 4.78 is 0. The molecule has 0 saturated carbocycles. The van der Waals surface area contributed by atoms with Crippen LogP contribution in [0.1, 0.15) is 84.5 Å². The van der Waals surface area contributed by atoms with Gasteiger partial charge in [0.05, 0.1) is 33.0 Å². The summed E-state index contributed by atoms with van der Waals surface area (Å²) >= 11 is 0. The first-order chi connectivity index (χ1) is 28.7. The van der Waals surface area contributed by atoms with Gasteiger partial charge in [0.1, 0.15) is 45.0 Å². The standard InChI is InChI=1S/C33H36N4O6.2C2H3N.3NO3.H2O.Tb/c1-21-10-24(30(41)26(12-21)18-38)16-34-4-6-36-8-9-37(33(36)29-15-23(3)14-28(20-40)32(29)43)7-5-35-17-25-11-22(2)13-27(19-39)31(25)42;2*1-2-3;3*2-1(3)4;;/h10-20,33,41-43H,4-9H2,1-3H3;2*1H3;;;;1H2;/q;;;3*-1;;/p+1. The van der Waals surface area contributed by atoms with Crippen LogP contribution in [-0.4, -0.2) is 91.3 Å². The Labute approximate surface area is 390 Å². The molecule has 63 heavy (non-hydrogen) atoms. The molecule has 1 radical (unpaired) electrons. The number of quaternary nitrogens is 2. The minimum Gasteiger partial charge on any atom is -0.871 e. The van der Waals surface area contributed by atoms with Crippen molar-refractivity contribution in [1.82, 2.24) is 0 Å². The van der Waals surface area contributed by atoms with E-state index >= 15 is 0 Å². The molecule has 1 aliphatic rings. The number of carbonyl (C=O) groups excluding carboxylic acids is 3. The van der Waals surface area contributed by atoms with Crippen molar-refractivity contribution in [1.29, 1.82) is 10.5 Å². The molecule has 2 atom stereocenters. The van der Waals surface area contributed by atoms with Crippen LogP contribution in [0.5, 0.6) is 17.2 Å². The van der Waals surface area contributed by atoms with Crippen LogP contribution in [0, 0.1) is 128 Å². The number of benzene rings is 3. The Balaban J connectivity index is -0.000000743. The number of nitriles is 2. The van der Waals surface area contributed by atoms with Crippen molar-refractivity contribution in [2.45, 2.75) is 40.8 Å². The minimum atomic E-state index is -1.75. The molecule has 345 valence electrons. The molecule has 0 aliphatic carbocycles. The molecule has 2 unspecified atom stereocenters. The normalized spacial score (nSPS) is 14.0. The number of rotatable bonds is 12. The van der Waals surface area contributed by atoms with E-state index in [1.807, 2.05) is 26.8 Å². The molecular weight excluding hydrogens is 985 g/mol. The largest absolute Gasteiger partial charge is 0.871 e. The molecule has 26 heteroatoms. The first kappa shape index (κ1) is 62.8. The van der Waals surface area contributed by atoms with E-state index in [0.717, 1.165) is 39.6 Å². The molecule has 6 N–H and O–H groups in total. The Hall–Kier alpha value is -6.84. The van der Waals surface area contributed by atoms with E-state index < -0.39 is 15.3 Å². The zero-order chi connectivity index (χ0) is 47.2. The summed E-state index contributed by atoms with van der Waals surface area (Å²) in [6.07, 6.45) is 4.76. The molecule has 3 aromatic carbocycles. The second kappa shape index (κ2) is 34.8. The summed E-state index contributed by atoms with van der Waals surface area (Å²) in [6.45, 7) is 12.3. The third kappa shape index (κ3) is 25.5. The molecule has 0 amide bonds. The van der Waals surface area contributed by atoms with Gasteiger partial charge < -0.3 is 66.8 Å². The van der Waals surface area contributed by atoms with Crippen LogP contribution in [0.4, 0.5) is 0 Å². The number of nitrogens with zero attached hydrogens (tertiary/aromatic N) is 5. The molecule has 0 aromatic heterocycles. The summed E-state index contributed by atoms with van der Waals surface area (Å²) in [4.78, 5) is 67.6. The Morgan fingerprint density at radius 2 is 0.857 bits per heavy atom. The van der Waals surface area contributed by atoms with Crippen molar-refractivity contribution in [2.75, 3.05) is 39.3 Å². The van der Waals surface area contributed by atoms with Crippen LogP contribution >= 0.6 is 0 Å². The van der Waals surface area contributed by atoms with Gasteiger partial charge in [-0.2, -0.15) is 10.5 Å². The first-order valence-corrected chi connectivity index (χ1v) is 17.4. The Kier molecular flexibility index (Phi) is 34.7. The molecule has 0 bridgehead atoms. The van der Waals surface area contributed by atoms with Crippen LogP contribution in [-0.2, 0) is 0 Å². The van der Waals surface area contributed by atoms with Crippen molar-refractivity contribution in [3.05, 3.63) is 132 Å². The zero-order valence-electron chi connectivity index (χ0n) is 34.4. The van der Waals surface area contributed by atoms with Gasteiger partial charge in [-0.05, 0) is 73.9 Å². The fourth-order valence-electron chi connectivity index (χ4n) is 5.89. The van der Waals surface area contributed by atoms with Crippen molar-refractivity contribution in [3.8, 4) is 29.4 Å². The topological polar surface area (TPSA) is 435 Å². The van der Waals surface area contributed by atoms with Crippen molar-refractivity contribution < 1.29 is 109 Å². The van der Waals surface area contributed by atoms with Crippen LogP contribution < -0.4 is 35.1 Å². The number of aryl methyl sites for hydroxylation is 3. The van der Waals surface area contributed by atoms with Gasteiger partial charge in [-0.3, -0.25) is 24.2 Å². The monoisotopic (exact) mass is 1030 g/mol. The molecule has 3 aromatic rings. The maximum Gasteiger partial charge on any atom is 0.240 e. The van der Waals surface area contributed by atoms with Crippen LogP contribution in [0.2, 0.25) is 0 Å². The van der Waals surface area contributed by atoms with Gasteiger partial charge in [0, 0.05) is 80.3 Å². The number of aldehydes is 3. The average molecular weight is 1030 g/mol. The van der Waals surface area contributed by atoms with Crippen LogP contribution in [0.25, 0.3) is 0 Å². The predicted molar refractivity (Wildman–Crippen MR) is 211 cm³/mol. The summed E-state index contributed by atoms with van der Waals surface area (Å²) in [6, 6.07) is 13.6. The SMILES string of the molecule is CC#N.CC#N.Cc1cc(C=O)c([O-])c(C=[NH+]CC[NH+]2CC[NH+](CC[NH+]=Cc3cc(C)cc(C=O)c3[O-])C2c2cc(C)cc(C=O)c2[O-])c1.O.O=[N+]([O-])[O-].O=[N+]([O-])[O-].O=[N+]([O-])[O-].[Tb]. The first-order valence-electron chi connectivity index (χ1n) is 17.4. The van der Waals surface area contributed by atoms with Crippen LogP contribution in [0.3, 0.4) is 0 Å². The van der Waals surface area contributed by atoms with E-state index in [-0.39, 0.29) is 84.2 Å². The molecule has 1 fully saturated rings. The smallest absolute Gasteiger partial charge is 0.240 e. The third-order valence-corrected chi connectivity index (χ3v) is 7.84.